The van der Waals surface area contributed by atoms with E-state index >= 15 is 0 Å². The van der Waals surface area contributed by atoms with Crippen molar-refractivity contribution in [2.45, 2.75) is 52.4 Å². The normalized spacial score (nSPS) is 16.6. The zero-order valence-corrected chi connectivity index (χ0v) is 17.3. The molecule has 2 aromatic carbocycles. The first-order chi connectivity index (χ1) is 11.7. The summed E-state index contributed by atoms with van der Waals surface area (Å²) in [5, 5.41) is 0. The van der Waals surface area contributed by atoms with E-state index in [2.05, 4.69) is 115 Å². The number of rotatable bonds is 6. The maximum atomic E-state index is 2.45. The fourth-order valence-electron chi connectivity index (χ4n) is 4.36. The SMILES string of the molecule is CC(C)[C@@](C)(c1ccccc1)[C@](C)(c1ccc(N(C)C)cc1)C(C)C. The summed E-state index contributed by atoms with van der Waals surface area (Å²) in [6, 6.07) is 20.2. The van der Waals surface area contributed by atoms with Crippen LogP contribution in [0, 0.1) is 11.8 Å². The number of benzene rings is 2. The van der Waals surface area contributed by atoms with E-state index in [-0.39, 0.29) is 10.8 Å². The van der Waals surface area contributed by atoms with Crippen molar-refractivity contribution in [3.63, 3.8) is 0 Å². The standard InChI is InChI=1S/C24H35N/c1-18(2)23(5,20-12-10-9-11-13-20)24(6,19(3)4)21-14-16-22(17-15-21)25(7)8/h9-19H,1-8H3/t23-,24-/m0/s1. The lowest BCUT2D eigenvalue weighted by molar-refractivity contribution is 0.131. The van der Waals surface area contributed by atoms with Crippen LogP contribution >= 0.6 is 0 Å². The van der Waals surface area contributed by atoms with Gasteiger partial charge in [-0.3, -0.25) is 0 Å². The van der Waals surface area contributed by atoms with E-state index in [9.17, 15) is 0 Å². The summed E-state index contributed by atoms with van der Waals surface area (Å²) in [6.45, 7) is 14.4. The van der Waals surface area contributed by atoms with Crippen molar-refractivity contribution in [2.24, 2.45) is 11.8 Å². The summed E-state index contributed by atoms with van der Waals surface area (Å²) in [4.78, 5) is 2.16. The predicted octanol–water partition coefficient (Wildman–Crippen LogP) is 6.28. The molecule has 0 spiro atoms. The summed E-state index contributed by atoms with van der Waals surface area (Å²) in [6.07, 6.45) is 0. The Morgan fingerprint density at radius 3 is 1.40 bits per heavy atom. The second-order valence-electron chi connectivity index (χ2n) is 8.52. The molecule has 0 N–H and O–H groups in total. The molecule has 0 aromatic heterocycles. The highest BCUT2D eigenvalue weighted by molar-refractivity contribution is 5.49. The van der Waals surface area contributed by atoms with Crippen molar-refractivity contribution in [1.82, 2.24) is 0 Å². The molecule has 0 saturated heterocycles. The minimum absolute atomic E-state index is 0.0351. The summed E-state index contributed by atoms with van der Waals surface area (Å²) in [7, 11) is 4.19. The third kappa shape index (κ3) is 3.21. The highest BCUT2D eigenvalue weighted by Crippen LogP contribution is 2.53. The maximum Gasteiger partial charge on any atom is 0.0361 e. The van der Waals surface area contributed by atoms with Crippen LogP contribution in [-0.2, 0) is 10.8 Å². The van der Waals surface area contributed by atoms with Gasteiger partial charge in [0, 0.05) is 30.6 Å². The number of anilines is 1. The molecule has 136 valence electrons. The van der Waals surface area contributed by atoms with Crippen LogP contribution < -0.4 is 4.90 Å². The molecule has 1 nitrogen and oxygen atoms in total. The minimum atomic E-state index is 0.0351. The molecule has 0 radical (unpaired) electrons. The van der Waals surface area contributed by atoms with Gasteiger partial charge in [0.15, 0.2) is 0 Å². The lowest BCUT2D eigenvalue weighted by atomic mass is 9.50. The molecule has 25 heavy (non-hydrogen) atoms. The fraction of sp³-hybridized carbons (Fsp3) is 0.500. The predicted molar refractivity (Wildman–Crippen MR) is 112 cm³/mol. The Bertz CT molecular complexity index is 669. The van der Waals surface area contributed by atoms with Crippen molar-refractivity contribution in [2.75, 3.05) is 19.0 Å². The monoisotopic (exact) mass is 337 g/mol. The third-order valence-corrected chi connectivity index (χ3v) is 6.75. The quantitative estimate of drug-likeness (QED) is 0.599. The van der Waals surface area contributed by atoms with Crippen LogP contribution in [0.25, 0.3) is 0 Å². The minimum Gasteiger partial charge on any atom is -0.378 e. The molecule has 0 aliphatic rings. The Hall–Kier alpha value is -1.76. The van der Waals surface area contributed by atoms with Crippen LogP contribution in [0.1, 0.15) is 52.7 Å². The lowest BCUT2D eigenvalue weighted by Gasteiger charge is -2.53. The summed E-state index contributed by atoms with van der Waals surface area (Å²) >= 11 is 0. The van der Waals surface area contributed by atoms with Gasteiger partial charge in [-0.05, 0) is 35.1 Å². The van der Waals surface area contributed by atoms with E-state index in [0.29, 0.717) is 11.8 Å². The van der Waals surface area contributed by atoms with Gasteiger partial charge in [-0.25, -0.2) is 0 Å². The molecule has 0 saturated carbocycles. The molecular weight excluding hydrogens is 302 g/mol. The van der Waals surface area contributed by atoms with E-state index in [0.717, 1.165) is 0 Å². The Balaban J connectivity index is 2.67. The van der Waals surface area contributed by atoms with Crippen molar-refractivity contribution in [3.8, 4) is 0 Å². The van der Waals surface area contributed by atoms with Crippen molar-refractivity contribution < 1.29 is 0 Å². The van der Waals surface area contributed by atoms with Crippen molar-refractivity contribution in [1.29, 1.82) is 0 Å². The van der Waals surface area contributed by atoms with Gasteiger partial charge >= 0.3 is 0 Å². The zero-order valence-electron chi connectivity index (χ0n) is 17.3. The first kappa shape index (κ1) is 19.6. The topological polar surface area (TPSA) is 3.24 Å². The number of hydrogen-bond acceptors (Lipinski definition) is 1. The molecule has 1 heteroatoms. The average molecular weight is 338 g/mol. The Labute approximate surface area is 155 Å². The van der Waals surface area contributed by atoms with E-state index in [4.69, 9.17) is 0 Å². The second kappa shape index (κ2) is 7.23. The van der Waals surface area contributed by atoms with E-state index in [1.807, 2.05) is 0 Å². The number of hydrogen-bond donors (Lipinski definition) is 0. The highest BCUT2D eigenvalue weighted by atomic mass is 15.1. The first-order valence-electron chi connectivity index (χ1n) is 9.49. The third-order valence-electron chi connectivity index (χ3n) is 6.75. The van der Waals surface area contributed by atoms with Crippen molar-refractivity contribution >= 4 is 5.69 Å². The van der Waals surface area contributed by atoms with Crippen LogP contribution in [0.2, 0.25) is 0 Å². The van der Waals surface area contributed by atoms with Crippen molar-refractivity contribution in [3.05, 3.63) is 65.7 Å². The smallest absolute Gasteiger partial charge is 0.0361 e. The largest absolute Gasteiger partial charge is 0.378 e. The van der Waals surface area contributed by atoms with Crippen LogP contribution in [0.4, 0.5) is 5.69 Å². The lowest BCUT2D eigenvalue weighted by Crippen LogP contribution is -2.52. The molecular formula is C24H35N. The molecule has 0 unspecified atom stereocenters. The van der Waals surface area contributed by atoms with Gasteiger partial charge in [0.05, 0.1) is 0 Å². The van der Waals surface area contributed by atoms with Gasteiger partial charge in [0.1, 0.15) is 0 Å². The molecule has 2 aromatic rings. The summed E-state index contributed by atoms with van der Waals surface area (Å²) in [5.74, 6) is 1.04. The molecule has 0 amide bonds. The summed E-state index contributed by atoms with van der Waals surface area (Å²) < 4.78 is 0. The highest BCUT2D eigenvalue weighted by Gasteiger charge is 2.50. The second-order valence-corrected chi connectivity index (χ2v) is 8.52. The molecule has 0 heterocycles. The maximum absolute atomic E-state index is 2.45. The summed E-state index contributed by atoms with van der Waals surface area (Å²) in [5.41, 5.74) is 4.18. The average Bonchev–Trinajstić information content (AvgIpc) is 2.60. The van der Waals surface area contributed by atoms with Gasteiger partial charge in [-0.2, -0.15) is 0 Å². The Morgan fingerprint density at radius 1 is 0.640 bits per heavy atom. The van der Waals surface area contributed by atoms with Crippen LogP contribution in [0.5, 0.6) is 0 Å². The Morgan fingerprint density at radius 2 is 1.04 bits per heavy atom. The van der Waals surface area contributed by atoms with Gasteiger partial charge in [-0.1, -0.05) is 84.0 Å². The van der Waals surface area contributed by atoms with Crippen LogP contribution in [-0.4, -0.2) is 14.1 Å². The van der Waals surface area contributed by atoms with Gasteiger partial charge < -0.3 is 4.90 Å². The molecule has 0 aliphatic carbocycles. The van der Waals surface area contributed by atoms with Crippen LogP contribution in [0.3, 0.4) is 0 Å². The number of nitrogens with zero attached hydrogens (tertiary/aromatic N) is 1. The zero-order chi connectivity index (χ0) is 18.8. The van der Waals surface area contributed by atoms with E-state index in [1.54, 1.807) is 0 Å². The van der Waals surface area contributed by atoms with Gasteiger partial charge in [0.25, 0.3) is 0 Å². The van der Waals surface area contributed by atoms with E-state index in [1.165, 1.54) is 16.8 Å². The van der Waals surface area contributed by atoms with Gasteiger partial charge in [0.2, 0.25) is 0 Å². The van der Waals surface area contributed by atoms with Gasteiger partial charge in [-0.15, -0.1) is 0 Å². The molecule has 2 rings (SSSR count). The molecule has 0 bridgehead atoms. The molecule has 2 atom stereocenters. The van der Waals surface area contributed by atoms with E-state index < -0.39 is 0 Å². The fourth-order valence-corrected chi connectivity index (χ4v) is 4.36. The Kier molecular flexibility index (Phi) is 5.66. The first-order valence-corrected chi connectivity index (χ1v) is 9.49. The molecule has 0 fully saturated rings. The van der Waals surface area contributed by atoms with Crippen LogP contribution in [0.15, 0.2) is 54.6 Å². The molecule has 0 aliphatic heterocycles.